The van der Waals surface area contributed by atoms with E-state index in [2.05, 4.69) is 20.2 Å². The molecule has 0 spiro atoms. The molecule has 3 aromatic rings. The summed E-state index contributed by atoms with van der Waals surface area (Å²) in [6.07, 6.45) is 0. The van der Waals surface area contributed by atoms with Gasteiger partial charge in [-0.2, -0.15) is 0 Å². The highest BCUT2D eigenvalue weighted by Crippen LogP contribution is 2.26. The third-order valence-electron chi connectivity index (χ3n) is 4.11. The van der Waals surface area contributed by atoms with Crippen LogP contribution in [0.2, 0.25) is 0 Å². The van der Waals surface area contributed by atoms with E-state index in [1.54, 1.807) is 31.2 Å². The van der Waals surface area contributed by atoms with Gasteiger partial charge in [-0.15, -0.1) is 10.2 Å². The highest BCUT2D eigenvalue weighted by molar-refractivity contribution is 8.01. The largest absolute Gasteiger partial charge is 0.296 e. The lowest BCUT2D eigenvalue weighted by Crippen LogP contribution is -2.17. The van der Waals surface area contributed by atoms with Crippen molar-refractivity contribution in [2.45, 2.75) is 36.9 Å². The van der Waals surface area contributed by atoms with Crippen molar-refractivity contribution in [2.24, 2.45) is 0 Å². The second-order valence-corrected chi connectivity index (χ2v) is 10.9. The summed E-state index contributed by atoms with van der Waals surface area (Å²) in [5.41, 5.74) is 3.16. The molecule has 0 saturated carbocycles. The summed E-state index contributed by atoms with van der Waals surface area (Å²) >= 11 is 2.81. The lowest BCUT2D eigenvalue weighted by molar-refractivity contribution is 0.102. The van der Waals surface area contributed by atoms with Crippen molar-refractivity contribution in [1.29, 1.82) is 0 Å². The first-order valence-corrected chi connectivity index (χ1v) is 12.5. The minimum Gasteiger partial charge on any atom is -0.296 e. The average molecular weight is 463 g/mol. The highest BCUT2D eigenvalue weighted by Gasteiger charge is 2.20. The number of sulfonamides is 1. The van der Waals surface area contributed by atoms with E-state index in [4.69, 9.17) is 0 Å². The Hall–Kier alpha value is -2.43. The molecule has 10 heteroatoms. The maximum atomic E-state index is 13.0. The average Bonchev–Trinajstić information content (AvgIpc) is 3.07. The number of benzene rings is 2. The first-order chi connectivity index (χ1) is 14.2. The van der Waals surface area contributed by atoms with Crippen LogP contribution in [0.1, 0.15) is 34.0 Å². The Morgan fingerprint density at radius 1 is 1.07 bits per heavy atom. The van der Waals surface area contributed by atoms with E-state index in [-0.39, 0.29) is 10.5 Å². The van der Waals surface area contributed by atoms with Crippen molar-refractivity contribution in [1.82, 2.24) is 10.2 Å². The normalized spacial score (nSPS) is 11.3. The molecular formula is C20H22N4O3S3. The van der Waals surface area contributed by atoms with Gasteiger partial charge >= 0.3 is 0 Å². The Morgan fingerprint density at radius 2 is 1.77 bits per heavy atom. The van der Waals surface area contributed by atoms with Crippen LogP contribution in [-0.2, 0) is 10.0 Å². The number of aromatic nitrogens is 2. The topological polar surface area (TPSA) is 101 Å². The zero-order valence-corrected chi connectivity index (χ0v) is 19.5. The summed E-state index contributed by atoms with van der Waals surface area (Å²) in [6.45, 7) is 7.50. The van der Waals surface area contributed by atoms with Gasteiger partial charge in [0, 0.05) is 11.3 Å². The smallest absolute Gasteiger partial charge is 0.262 e. The van der Waals surface area contributed by atoms with Crippen molar-refractivity contribution in [3.05, 3.63) is 58.7 Å². The van der Waals surface area contributed by atoms with Crippen molar-refractivity contribution in [3.8, 4) is 0 Å². The maximum Gasteiger partial charge on any atom is 0.262 e. The van der Waals surface area contributed by atoms with Crippen LogP contribution >= 0.6 is 23.1 Å². The number of anilines is 2. The Balaban J connectivity index is 1.85. The summed E-state index contributed by atoms with van der Waals surface area (Å²) in [7, 11) is -3.87. The van der Waals surface area contributed by atoms with E-state index in [0.717, 1.165) is 21.2 Å². The van der Waals surface area contributed by atoms with Crippen LogP contribution in [0.15, 0.2) is 45.6 Å². The second-order valence-electron chi connectivity index (χ2n) is 6.72. The quantitative estimate of drug-likeness (QED) is 0.392. The SMILES string of the molecule is CCSc1nnc(NC(=O)c2ccc(C)c(S(=O)(=O)Nc3cc(C)cc(C)c3)c2)s1. The molecule has 30 heavy (non-hydrogen) atoms. The number of nitrogens with zero attached hydrogens (tertiary/aromatic N) is 2. The number of thioether (sulfide) groups is 1. The van der Waals surface area contributed by atoms with Gasteiger partial charge in [0.2, 0.25) is 5.13 Å². The second kappa shape index (κ2) is 9.15. The Labute approximate surface area is 184 Å². The summed E-state index contributed by atoms with van der Waals surface area (Å²) in [5.74, 6) is 0.414. The number of rotatable bonds is 7. The van der Waals surface area contributed by atoms with Crippen LogP contribution < -0.4 is 10.0 Å². The van der Waals surface area contributed by atoms with E-state index in [1.807, 2.05) is 26.8 Å². The van der Waals surface area contributed by atoms with Gasteiger partial charge in [0.1, 0.15) is 0 Å². The van der Waals surface area contributed by atoms with E-state index in [0.29, 0.717) is 16.4 Å². The van der Waals surface area contributed by atoms with Gasteiger partial charge in [0.15, 0.2) is 4.34 Å². The molecule has 0 saturated heterocycles. The van der Waals surface area contributed by atoms with Crippen molar-refractivity contribution >= 4 is 49.8 Å². The molecule has 0 atom stereocenters. The summed E-state index contributed by atoms with van der Waals surface area (Å²) < 4.78 is 29.3. The molecule has 0 aliphatic rings. The molecule has 0 aliphatic heterocycles. The maximum absolute atomic E-state index is 13.0. The molecule has 0 bridgehead atoms. The van der Waals surface area contributed by atoms with Crippen LogP contribution in [0.5, 0.6) is 0 Å². The minimum atomic E-state index is -3.87. The van der Waals surface area contributed by atoms with E-state index >= 15 is 0 Å². The molecule has 7 nitrogen and oxygen atoms in total. The molecule has 0 unspecified atom stereocenters. The van der Waals surface area contributed by atoms with Gasteiger partial charge in [-0.1, -0.05) is 42.2 Å². The monoisotopic (exact) mass is 462 g/mol. The zero-order valence-electron chi connectivity index (χ0n) is 17.0. The molecule has 2 aromatic carbocycles. The zero-order chi connectivity index (χ0) is 21.9. The standard InChI is InChI=1S/C20H22N4O3S3/c1-5-28-20-23-22-19(29-20)21-18(25)15-7-6-14(4)17(11-15)30(26,27)24-16-9-12(2)8-13(3)10-16/h6-11,24H,5H2,1-4H3,(H,21,22,25). The number of carbonyl (C=O) groups is 1. The molecular weight excluding hydrogens is 440 g/mol. The third-order valence-corrected chi connectivity index (χ3v) is 7.49. The fraction of sp³-hybridized carbons (Fsp3) is 0.250. The molecule has 3 rings (SSSR count). The molecule has 0 radical (unpaired) electrons. The van der Waals surface area contributed by atoms with Crippen LogP contribution in [0.25, 0.3) is 0 Å². The van der Waals surface area contributed by atoms with Crippen molar-refractivity contribution < 1.29 is 13.2 Å². The fourth-order valence-electron chi connectivity index (χ4n) is 2.89. The summed E-state index contributed by atoms with van der Waals surface area (Å²) in [6, 6.07) is 10.1. The molecule has 1 heterocycles. The van der Waals surface area contributed by atoms with Gasteiger partial charge in [-0.25, -0.2) is 8.42 Å². The molecule has 158 valence electrons. The molecule has 1 aromatic heterocycles. The number of carbonyl (C=O) groups excluding carboxylic acids is 1. The number of hydrogen-bond acceptors (Lipinski definition) is 7. The Morgan fingerprint density at radius 3 is 2.43 bits per heavy atom. The number of nitrogens with one attached hydrogen (secondary N) is 2. The van der Waals surface area contributed by atoms with Crippen LogP contribution in [0.3, 0.4) is 0 Å². The van der Waals surface area contributed by atoms with Gasteiger partial charge in [0.25, 0.3) is 15.9 Å². The van der Waals surface area contributed by atoms with E-state index < -0.39 is 15.9 Å². The van der Waals surface area contributed by atoms with Gasteiger partial charge in [0.05, 0.1) is 4.90 Å². The third kappa shape index (κ3) is 5.38. The van der Waals surface area contributed by atoms with Gasteiger partial charge < -0.3 is 0 Å². The number of aryl methyl sites for hydroxylation is 3. The van der Waals surface area contributed by atoms with Crippen LogP contribution in [0, 0.1) is 20.8 Å². The molecule has 0 aliphatic carbocycles. The van der Waals surface area contributed by atoms with E-state index in [1.165, 1.54) is 29.2 Å². The Bertz CT molecular complexity index is 1170. The molecule has 0 fully saturated rings. The van der Waals surface area contributed by atoms with Crippen LogP contribution in [0.4, 0.5) is 10.8 Å². The summed E-state index contributed by atoms with van der Waals surface area (Å²) in [5, 5.41) is 11.0. The first-order valence-electron chi connectivity index (χ1n) is 9.17. The van der Waals surface area contributed by atoms with Crippen molar-refractivity contribution in [2.75, 3.05) is 15.8 Å². The van der Waals surface area contributed by atoms with E-state index in [9.17, 15) is 13.2 Å². The predicted molar refractivity (Wildman–Crippen MR) is 122 cm³/mol. The van der Waals surface area contributed by atoms with Crippen molar-refractivity contribution in [3.63, 3.8) is 0 Å². The summed E-state index contributed by atoms with van der Waals surface area (Å²) in [4.78, 5) is 12.7. The lowest BCUT2D eigenvalue weighted by atomic mass is 10.1. The van der Waals surface area contributed by atoms with Gasteiger partial charge in [-0.3, -0.25) is 14.8 Å². The first kappa shape index (κ1) is 22.3. The Kier molecular flexibility index (Phi) is 6.79. The fourth-order valence-corrected chi connectivity index (χ4v) is 5.84. The lowest BCUT2D eigenvalue weighted by Gasteiger charge is -2.13. The van der Waals surface area contributed by atoms with Crippen LogP contribution in [-0.4, -0.2) is 30.3 Å². The minimum absolute atomic E-state index is 0.0498. The predicted octanol–water partition coefficient (Wildman–Crippen LogP) is 4.63. The van der Waals surface area contributed by atoms with Gasteiger partial charge in [-0.05, 0) is 67.5 Å². The highest BCUT2D eigenvalue weighted by atomic mass is 32.2. The molecule has 1 amide bonds. The number of amides is 1. The number of hydrogen-bond donors (Lipinski definition) is 2. The molecule has 2 N–H and O–H groups in total.